The highest BCUT2D eigenvalue weighted by atomic mass is 16.3. The van der Waals surface area contributed by atoms with Gasteiger partial charge in [0.1, 0.15) is 11.3 Å². The minimum absolute atomic E-state index is 0.193. The topological polar surface area (TPSA) is 127 Å². The monoisotopic (exact) mass is 469 g/mol. The standard InChI is InChI=1S/C26H27N7O2/c1-13-4-9-20-19(10-13)15(3)24(35-20)23-21-22(26(34)31-30-25(21)27)32-33(23)18-7-5-16(6-8-18)29-17-11-14(2)28-12-17/h4-10,14,17,28-29H,11-12H2,1-3H3,(H2,27,30)(H,31,34). The van der Waals surface area contributed by atoms with Crippen LogP contribution in [0.25, 0.3) is 39.0 Å². The summed E-state index contributed by atoms with van der Waals surface area (Å²) < 4.78 is 8.03. The zero-order chi connectivity index (χ0) is 24.3. The summed E-state index contributed by atoms with van der Waals surface area (Å²) >= 11 is 0. The summed E-state index contributed by atoms with van der Waals surface area (Å²) in [5.41, 5.74) is 11.4. The van der Waals surface area contributed by atoms with Crippen LogP contribution >= 0.6 is 0 Å². The quantitative estimate of drug-likeness (QED) is 0.315. The molecule has 2 atom stereocenters. The van der Waals surface area contributed by atoms with Gasteiger partial charge < -0.3 is 20.8 Å². The Labute approximate surface area is 201 Å². The van der Waals surface area contributed by atoms with Crippen molar-refractivity contribution in [3.8, 4) is 17.1 Å². The molecule has 5 N–H and O–H groups in total. The van der Waals surface area contributed by atoms with Crippen molar-refractivity contribution < 1.29 is 4.42 Å². The largest absolute Gasteiger partial charge is 0.454 e. The van der Waals surface area contributed by atoms with E-state index in [0.29, 0.717) is 28.9 Å². The second-order valence-corrected chi connectivity index (χ2v) is 9.41. The Bertz CT molecular complexity index is 1630. The maximum atomic E-state index is 12.6. The van der Waals surface area contributed by atoms with E-state index in [1.807, 2.05) is 50.2 Å². The maximum absolute atomic E-state index is 12.6. The van der Waals surface area contributed by atoms with Crippen molar-refractivity contribution in [2.45, 2.75) is 39.3 Å². The molecule has 0 spiro atoms. The van der Waals surface area contributed by atoms with Gasteiger partial charge in [-0.15, -0.1) is 0 Å². The molecule has 0 amide bonds. The number of anilines is 2. The number of furan rings is 1. The molecule has 9 nitrogen and oxygen atoms in total. The fourth-order valence-corrected chi connectivity index (χ4v) is 4.98. The molecule has 6 rings (SSSR count). The molecular weight excluding hydrogens is 442 g/mol. The minimum atomic E-state index is -0.403. The molecule has 0 saturated carbocycles. The SMILES string of the molecule is Cc1ccc2oc(-c3c4c(N)n[nH]c(=O)c4nn3-c3ccc(NC4CNC(C)C4)cc3)c(C)c2c1. The summed E-state index contributed by atoms with van der Waals surface area (Å²) in [5, 5.41) is 19.6. The summed E-state index contributed by atoms with van der Waals surface area (Å²) in [5.74, 6) is 0.804. The molecule has 5 aromatic rings. The Morgan fingerprint density at radius 1 is 1.17 bits per heavy atom. The lowest BCUT2D eigenvalue weighted by molar-refractivity contribution is 0.622. The average molecular weight is 470 g/mol. The van der Waals surface area contributed by atoms with E-state index in [-0.39, 0.29) is 11.3 Å². The van der Waals surface area contributed by atoms with Crippen molar-refractivity contribution in [3.63, 3.8) is 0 Å². The van der Waals surface area contributed by atoms with Gasteiger partial charge in [-0.05, 0) is 63.6 Å². The fourth-order valence-electron chi connectivity index (χ4n) is 4.98. The Morgan fingerprint density at radius 2 is 1.97 bits per heavy atom. The highest BCUT2D eigenvalue weighted by molar-refractivity contribution is 6.02. The van der Waals surface area contributed by atoms with Crippen molar-refractivity contribution in [2.75, 3.05) is 17.6 Å². The van der Waals surface area contributed by atoms with Crippen molar-refractivity contribution in [2.24, 2.45) is 0 Å². The van der Waals surface area contributed by atoms with Crippen LogP contribution in [0.4, 0.5) is 11.5 Å². The third-order valence-electron chi connectivity index (χ3n) is 6.77. The van der Waals surface area contributed by atoms with Crippen LogP contribution in [0.3, 0.4) is 0 Å². The number of hydrogen-bond donors (Lipinski definition) is 4. The third-order valence-corrected chi connectivity index (χ3v) is 6.77. The lowest BCUT2D eigenvalue weighted by atomic mass is 10.1. The van der Waals surface area contributed by atoms with E-state index in [9.17, 15) is 4.79 Å². The van der Waals surface area contributed by atoms with E-state index in [4.69, 9.17) is 10.2 Å². The molecule has 4 heterocycles. The van der Waals surface area contributed by atoms with Crippen molar-refractivity contribution in [1.82, 2.24) is 25.3 Å². The molecule has 1 fully saturated rings. The summed E-state index contributed by atoms with van der Waals surface area (Å²) in [7, 11) is 0. The molecule has 1 saturated heterocycles. The first kappa shape index (κ1) is 21.4. The molecular formula is C26H27N7O2. The number of H-pyrrole nitrogens is 1. The number of rotatable bonds is 4. The van der Waals surface area contributed by atoms with Crippen molar-refractivity contribution in [1.29, 1.82) is 0 Å². The number of nitrogens with zero attached hydrogens (tertiary/aromatic N) is 3. The Kier molecular flexibility index (Phi) is 4.89. The van der Waals surface area contributed by atoms with E-state index in [0.717, 1.165) is 46.4 Å². The molecule has 9 heteroatoms. The van der Waals surface area contributed by atoms with Gasteiger partial charge in [-0.25, -0.2) is 9.78 Å². The van der Waals surface area contributed by atoms with Gasteiger partial charge >= 0.3 is 0 Å². The normalized spacial score (nSPS) is 18.0. The van der Waals surface area contributed by atoms with E-state index >= 15 is 0 Å². The molecule has 1 aliphatic heterocycles. The number of nitrogen functional groups attached to an aromatic ring is 1. The van der Waals surface area contributed by atoms with E-state index in [1.165, 1.54) is 0 Å². The number of fused-ring (bicyclic) bond motifs is 2. The van der Waals surface area contributed by atoms with Crippen LogP contribution in [-0.2, 0) is 0 Å². The number of nitrogens with two attached hydrogens (primary N) is 1. The molecule has 2 aromatic carbocycles. The molecule has 0 aliphatic carbocycles. The van der Waals surface area contributed by atoms with E-state index < -0.39 is 5.56 Å². The Hall–Kier alpha value is -4.11. The predicted molar refractivity (Wildman–Crippen MR) is 138 cm³/mol. The summed E-state index contributed by atoms with van der Waals surface area (Å²) in [4.78, 5) is 12.6. The average Bonchev–Trinajstić information content (AvgIpc) is 3.53. The lowest BCUT2D eigenvalue weighted by Crippen LogP contribution is -2.22. The number of aromatic nitrogens is 4. The zero-order valence-electron chi connectivity index (χ0n) is 19.8. The summed E-state index contributed by atoms with van der Waals surface area (Å²) in [6.07, 6.45) is 1.08. The third kappa shape index (κ3) is 3.55. The first-order valence-electron chi connectivity index (χ1n) is 11.8. The van der Waals surface area contributed by atoms with Gasteiger partial charge in [-0.2, -0.15) is 10.2 Å². The Morgan fingerprint density at radius 3 is 2.71 bits per heavy atom. The predicted octanol–water partition coefficient (Wildman–Crippen LogP) is 3.88. The summed E-state index contributed by atoms with van der Waals surface area (Å²) in [6, 6.07) is 15.0. The highest BCUT2D eigenvalue weighted by Crippen LogP contribution is 2.39. The smallest absolute Gasteiger partial charge is 0.292 e. The van der Waals surface area contributed by atoms with Gasteiger partial charge in [-0.3, -0.25) is 4.79 Å². The van der Waals surface area contributed by atoms with E-state index in [1.54, 1.807) is 4.68 Å². The van der Waals surface area contributed by atoms with Crippen molar-refractivity contribution in [3.05, 3.63) is 63.9 Å². The second-order valence-electron chi connectivity index (χ2n) is 9.41. The minimum Gasteiger partial charge on any atom is -0.454 e. The molecule has 0 radical (unpaired) electrons. The highest BCUT2D eigenvalue weighted by Gasteiger charge is 2.25. The first-order valence-corrected chi connectivity index (χ1v) is 11.8. The molecule has 35 heavy (non-hydrogen) atoms. The van der Waals surface area contributed by atoms with Gasteiger partial charge in [0.15, 0.2) is 17.1 Å². The molecule has 2 unspecified atom stereocenters. The van der Waals surface area contributed by atoms with Gasteiger partial charge in [-0.1, -0.05) is 11.6 Å². The van der Waals surface area contributed by atoms with Crippen LogP contribution < -0.4 is 21.9 Å². The fraction of sp³-hybridized carbons (Fsp3) is 0.269. The molecule has 3 aromatic heterocycles. The number of aromatic amines is 1. The lowest BCUT2D eigenvalue weighted by Gasteiger charge is -2.14. The van der Waals surface area contributed by atoms with E-state index in [2.05, 4.69) is 38.9 Å². The zero-order valence-corrected chi connectivity index (χ0v) is 19.8. The molecule has 1 aliphatic rings. The van der Waals surface area contributed by atoms with Crippen molar-refractivity contribution >= 4 is 33.4 Å². The number of hydrogen-bond acceptors (Lipinski definition) is 7. The number of aryl methyl sites for hydroxylation is 2. The van der Waals surface area contributed by atoms with Gasteiger partial charge in [0, 0.05) is 35.3 Å². The van der Waals surface area contributed by atoms with Crippen LogP contribution in [0, 0.1) is 13.8 Å². The second kappa shape index (κ2) is 7.99. The number of benzene rings is 2. The first-order chi connectivity index (χ1) is 16.9. The van der Waals surface area contributed by atoms with Crippen LogP contribution in [0.15, 0.2) is 51.7 Å². The summed E-state index contributed by atoms with van der Waals surface area (Å²) in [6.45, 7) is 7.19. The van der Waals surface area contributed by atoms with Crippen LogP contribution in [0.5, 0.6) is 0 Å². The molecule has 178 valence electrons. The molecule has 0 bridgehead atoms. The Balaban J connectivity index is 1.52. The maximum Gasteiger partial charge on any atom is 0.292 e. The van der Waals surface area contributed by atoms with Crippen LogP contribution in [-0.4, -0.2) is 38.6 Å². The number of nitrogens with one attached hydrogen (secondary N) is 3. The van der Waals surface area contributed by atoms with Gasteiger partial charge in [0.25, 0.3) is 5.56 Å². The van der Waals surface area contributed by atoms with Crippen LogP contribution in [0.1, 0.15) is 24.5 Å². The van der Waals surface area contributed by atoms with Crippen LogP contribution in [0.2, 0.25) is 0 Å². The van der Waals surface area contributed by atoms with Gasteiger partial charge in [0.2, 0.25) is 0 Å². The van der Waals surface area contributed by atoms with Gasteiger partial charge in [0.05, 0.1) is 11.1 Å².